The number of hydrogen-bond donors (Lipinski definition) is 2. The SMILES string of the molecule is CCCCn1c(=O)c2[nH]c(Br)nc2n(CCCC)c1=O.CCCCn1c(=O)c2[nH]c(N3CCCCC3)nc2n(CCCC)c1=O. The van der Waals surface area contributed by atoms with E-state index in [0.29, 0.717) is 53.2 Å². The average Bonchev–Trinajstić information content (AvgIpc) is 3.66. The molecule has 0 amide bonds. The molecular weight excluding hydrogens is 642 g/mol. The van der Waals surface area contributed by atoms with Crippen molar-refractivity contribution in [1.29, 1.82) is 0 Å². The van der Waals surface area contributed by atoms with Crippen LogP contribution in [0.15, 0.2) is 23.9 Å². The first-order valence-corrected chi connectivity index (χ1v) is 17.4. The van der Waals surface area contributed by atoms with E-state index >= 15 is 0 Å². The lowest BCUT2D eigenvalue weighted by Gasteiger charge is -2.25. The maximum atomic E-state index is 12.9. The van der Waals surface area contributed by atoms with Gasteiger partial charge >= 0.3 is 11.4 Å². The Morgan fingerprint density at radius 2 is 1.02 bits per heavy atom. The monoisotopic (exact) mass is 689 g/mol. The highest BCUT2D eigenvalue weighted by molar-refractivity contribution is 9.10. The molecule has 0 aliphatic carbocycles. The molecule has 1 aliphatic rings. The van der Waals surface area contributed by atoms with Gasteiger partial charge in [-0.05, 0) is 60.9 Å². The summed E-state index contributed by atoms with van der Waals surface area (Å²) in [5, 5.41) is 0. The van der Waals surface area contributed by atoms with Crippen molar-refractivity contribution in [2.75, 3.05) is 18.0 Å². The topological polar surface area (TPSA) is 149 Å². The summed E-state index contributed by atoms with van der Waals surface area (Å²) in [6, 6.07) is 0. The van der Waals surface area contributed by atoms with Crippen LogP contribution in [0.2, 0.25) is 0 Å². The predicted molar refractivity (Wildman–Crippen MR) is 183 cm³/mol. The minimum Gasteiger partial charge on any atom is -0.342 e. The summed E-state index contributed by atoms with van der Waals surface area (Å²) in [5.41, 5.74) is 0.793. The Balaban J connectivity index is 0.000000210. The second kappa shape index (κ2) is 16.2. The fourth-order valence-electron chi connectivity index (χ4n) is 5.61. The zero-order valence-corrected chi connectivity index (χ0v) is 28.7. The Morgan fingerprint density at radius 1 is 0.600 bits per heavy atom. The van der Waals surface area contributed by atoms with Crippen LogP contribution in [0.25, 0.3) is 22.3 Å². The van der Waals surface area contributed by atoms with E-state index < -0.39 is 0 Å². The van der Waals surface area contributed by atoms with Gasteiger partial charge in [0.1, 0.15) is 0 Å². The molecule has 1 fully saturated rings. The van der Waals surface area contributed by atoms with E-state index in [-0.39, 0.29) is 22.5 Å². The molecule has 1 aliphatic heterocycles. The Morgan fingerprint density at radius 3 is 1.49 bits per heavy atom. The quantitative estimate of drug-likeness (QED) is 0.193. The molecule has 0 bridgehead atoms. The van der Waals surface area contributed by atoms with Crippen molar-refractivity contribution in [1.82, 2.24) is 38.2 Å². The molecule has 5 heterocycles. The molecular formula is C31H48BrN9O4. The van der Waals surface area contributed by atoms with Crippen LogP contribution < -0.4 is 27.4 Å². The third kappa shape index (κ3) is 7.70. The summed E-state index contributed by atoms with van der Waals surface area (Å²) in [6.45, 7) is 12.2. The van der Waals surface area contributed by atoms with Crippen molar-refractivity contribution in [2.45, 2.75) is 125 Å². The van der Waals surface area contributed by atoms with Gasteiger partial charge in [-0.25, -0.2) is 14.6 Å². The molecule has 13 nitrogen and oxygen atoms in total. The molecule has 2 N–H and O–H groups in total. The summed E-state index contributed by atoms with van der Waals surface area (Å²) < 4.78 is 6.44. The molecule has 4 aromatic rings. The Kier molecular flexibility index (Phi) is 12.4. The summed E-state index contributed by atoms with van der Waals surface area (Å²) in [4.78, 5) is 67.7. The lowest BCUT2D eigenvalue weighted by atomic mass is 10.1. The zero-order chi connectivity index (χ0) is 32.5. The van der Waals surface area contributed by atoms with Gasteiger partial charge in [0.2, 0.25) is 5.95 Å². The first-order valence-electron chi connectivity index (χ1n) is 16.6. The summed E-state index contributed by atoms with van der Waals surface area (Å²) >= 11 is 3.23. The number of hydrogen-bond acceptors (Lipinski definition) is 7. The molecule has 14 heteroatoms. The molecule has 45 heavy (non-hydrogen) atoms. The number of nitrogens with one attached hydrogen (secondary N) is 2. The van der Waals surface area contributed by atoms with E-state index in [2.05, 4.69) is 61.5 Å². The Bertz CT molecular complexity index is 1800. The van der Waals surface area contributed by atoms with Crippen LogP contribution in [0.4, 0.5) is 5.95 Å². The van der Waals surface area contributed by atoms with Crippen molar-refractivity contribution in [3.8, 4) is 0 Å². The third-order valence-corrected chi connectivity index (χ3v) is 8.65. The minimum absolute atomic E-state index is 0.226. The van der Waals surface area contributed by atoms with Crippen LogP contribution in [0.1, 0.15) is 98.3 Å². The molecule has 0 spiro atoms. The number of unbranched alkanes of at least 4 members (excludes halogenated alkanes) is 4. The summed E-state index contributed by atoms with van der Waals surface area (Å²) in [6.07, 6.45) is 10.8. The van der Waals surface area contributed by atoms with Crippen molar-refractivity contribution in [3.05, 3.63) is 46.4 Å². The van der Waals surface area contributed by atoms with Gasteiger partial charge in [0, 0.05) is 39.3 Å². The van der Waals surface area contributed by atoms with Crippen molar-refractivity contribution in [3.63, 3.8) is 0 Å². The van der Waals surface area contributed by atoms with Crippen LogP contribution in [0.3, 0.4) is 0 Å². The van der Waals surface area contributed by atoms with Crippen LogP contribution >= 0.6 is 15.9 Å². The van der Waals surface area contributed by atoms with E-state index in [1.165, 1.54) is 15.6 Å². The zero-order valence-electron chi connectivity index (χ0n) is 27.2. The normalized spacial score (nSPS) is 13.5. The predicted octanol–water partition coefficient (Wildman–Crippen LogP) is 4.73. The highest BCUT2D eigenvalue weighted by Crippen LogP contribution is 2.19. The number of imidazole rings is 2. The Hall–Kier alpha value is -3.42. The number of halogens is 1. The van der Waals surface area contributed by atoms with Gasteiger partial charge in [0.15, 0.2) is 27.1 Å². The maximum absolute atomic E-state index is 12.9. The highest BCUT2D eigenvalue weighted by Gasteiger charge is 2.21. The van der Waals surface area contributed by atoms with Crippen molar-refractivity contribution < 1.29 is 0 Å². The van der Waals surface area contributed by atoms with Crippen LogP contribution in [0, 0.1) is 0 Å². The third-order valence-electron chi connectivity index (χ3n) is 8.28. The molecule has 248 valence electrons. The Labute approximate surface area is 270 Å². The number of aromatic nitrogens is 8. The summed E-state index contributed by atoms with van der Waals surface area (Å²) in [7, 11) is 0. The van der Waals surface area contributed by atoms with Gasteiger partial charge in [0.05, 0.1) is 0 Å². The van der Waals surface area contributed by atoms with Crippen LogP contribution in [0.5, 0.6) is 0 Å². The van der Waals surface area contributed by atoms with Gasteiger partial charge in [-0.15, -0.1) is 0 Å². The smallest absolute Gasteiger partial charge is 0.332 e. The van der Waals surface area contributed by atoms with Crippen LogP contribution in [-0.4, -0.2) is 51.3 Å². The molecule has 0 radical (unpaired) electrons. The largest absolute Gasteiger partial charge is 0.342 e. The fraction of sp³-hybridized carbons (Fsp3) is 0.677. The highest BCUT2D eigenvalue weighted by atomic mass is 79.9. The van der Waals surface area contributed by atoms with Gasteiger partial charge in [-0.1, -0.05) is 53.4 Å². The minimum atomic E-state index is -0.288. The number of anilines is 1. The lowest BCUT2D eigenvalue weighted by Crippen LogP contribution is -2.40. The second-order valence-corrected chi connectivity index (χ2v) is 12.5. The first kappa shape index (κ1) is 34.5. The van der Waals surface area contributed by atoms with Gasteiger partial charge < -0.3 is 14.9 Å². The fourth-order valence-corrected chi connectivity index (χ4v) is 5.98. The molecule has 0 atom stereocenters. The number of rotatable bonds is 13. The van der Waals surface area contributed by atoms with Crippen molar-refractivity contribution in [2.24, 2.45) is 0 Å². The first-order chi connectivity index (χ1) is 21.8. The van der Waals surface area contributed by atoms with E-state index in [9.17, 15) is 19.2 Å². The van der Waals surface area contributed by atoms with E-state index in [1.54, 1.807) is 9.13 Å². The van der Waals surface area contributed by atoms with E-state index in [4.69, 9.17) is 0 Å². The number of piperidine rings is 1. The molecule has 0 saturated carbocycles. The second-order valence-electron chi connectivity index (χ2n) is 11.7. The van der Waals surface area contributed by atoms with Gasteiger partial charge in [-0.2, -0.15) is 4.98 Å². The van der Waals surface area contributed by atoms with Gasteiger partial charge in [0.25, 0.3) is 11.1 Å². The number of fused-ring (bicyclic) bond motifs is 2. The average molecular weight is 691 g/mol. The standard InChI is InChI=1S/C18H29N5O2.C13H19BrN4O2/c1-3-5-12-22-15-14(16(24)23(18(22)25)13-6-4-2)19-17(20-15)21-10-8-7-9-11-21;1-3-5-7-17-10-9(15-12(14)16-10)11(19)18(13(17)20)8-6-4-2/h3-13H2,1-2H3,(H,19,20);3-8H2,1-2H3,(H,15,16). The van der Waals surface area contributed by atoms with Crippen molar-refractivity contribution >= 4 is 44.2 Å². The molecule has 0 unspecified atom stereocenters. The van der Waals surface area contributed by atoms with E-state index in [0.717, 1.165) is 83.2 Å². The molecule has 0 aromatic carbocycles. The maximum Gasteiger partial charge on any atom is 0.332 e. The number of nitrogens with zero attached hydrogens (tertiary/aromatic N) is 7. The van der Waals surface area contributed by atoms with Crippen LogP contribution in [-0.2, 0) is 26.2 Å². The molecule has 1 saturated heterocycles. The number of aromatic amines is 2. The van der Waals surface area contributed by atoms with E-state index in [1.807, 2.05) is 6.92 Å². The van der Waals surface area contributed by atoms with Gasteiger partial charge in [-0.3, -0.25) is 27.9 Å². The summed E-state index contributed by atoms with van der Waals surface area (Å²) in [5.74, 6) is 0.727. The number of H-pyrrole nitrogens is 2. The molecule has 4 aromatic heterocycles. The lowest BCUT2D eigenvalue weighted by molar-refractivity contribution is 0.530. The number of aryl methyl sites for hydroxylation is 2. The molecule has 5 rings (SSSR count).